The van der Waals surface area contributed by atoms with Crippen LogP contribution in [-0.2, 0) is 29.8 Å². The molecule has 234 valence electrons. The highest BCUT2D eigenvalue weighted by atomic mass is 16.7. The lowest BCUT2D eigenvalue weighted by Gasteiger charge is -2.59. The van der Waals surface area contributed by atoms with Gasteiger partial charge in [0, 0.05) is 0 Å². The van der Waals surface area contributed by atoms with Crippen molar-refractivity contribution in [1.82, 2.24) is 0 Å². The molecule has 2 aliphatic heterocycles. The van der Waals surface area contributed by atoms with Crippen molar-refractivity contribution in [2.24, 2.45) is 0 Å². The van der Waals surface area contributed by atoms with Crippen LogP contribution < -0.4 is 10.9 Å². The minimum Gasteiger partial charge on any atom is -0.398 e. The molecule has 48 heavy (non-hydrogen) atoms. The third-order valence-electron chi connectivity index (χ3n) is 9.71. The summed E-state index contributed by atoms with van der Waals surface area (Å²) in [4.78, 5) is 0. The fourth-order valence-corrected chi connectivity index (χ4v) is 7.30. The summed E-state index contributed by atoms with van der Waals surface area (Å²) in [6.07, 6.45) is -1.30. The van der Waals surface area contributed by atoms with Crippen molar-refractivity contribution in [2.75, 3.05) is 0 Å². The van der Waals surface area contributed by atoms with Crippen LogP contribution in [0.3, 0.4) is 0 Å². The zero-order chi connectivity index (χ0) is 32.6. The maximum absolute atomic E-state index is 7.41. The molecule has 6 aromatic carbocycles. The molecule has 0 N–H and O–H groups in total. The lowest BCUT2D eigenvalue weighted by atomic mass is 9.62. The SMILES string of the molecule is Cc1ccc(B2O[C@@H]3[C@@H](OB(c4ccc(C)cc4)OC3(c3ccccc3)c3ccccc3)C(c3ccccc3)(c3ccccc3)O2)cc1. The lowest BCUT2D eigenvalue weighted by molar-refractivity contribution is -0.210. The van der Waals surface area contributed by atoms with Gasteiger partial charge in [0.25, 0.3) is 0 Å². The Balaban J connectivity index is 1.45. The molecule has 0 saturated carbocycles. The molecule has 0 bridgehead atoms. The summed E-state index contributed by atoms with van der Waals surface area (Å²) in [7, 11) is -1.47. The van der Waals surface area contributed by atoms with E-state index in [1.54, 1.807) is 0 Å². The number of hydrogen-bond acceptors (Lipinski definition) is 4. The van der Waals surface area contributed by atoms with Gasteiger partial charge in [-0.25, -0.2) is 0 Å². The Morgan fingerprint density at radius 1 is 0.375 bits per heavy atom. The smallest absolute Gasteiger partial charge is 0.398 e. The van der Waals surface area contributed by atoms with Crippen molar-refractivity contribution in [3.8, 4) is 0 Å². The molecule has 2 fully saturated rings. The van der Waals surface area contributed by atoms with Gasteiger partial charge >= 0.3 is 14.2 Å². The summed E-state index contributed by atoms with van der Waals surface area (Å²) in [5.74, 6) is 0. The van der Waals surface area contributed by atoms with E-state index in [4.69, 9.17) is 18.6 Å². The Kier molecular flexibility index (Phi) is 8.11. The third-order valence-corrected chi connectivity index (χ3v) is 9.71. The number of fused-ring (bicyclic) bond motifs is 1. The van der Waals surface area contributed by atoms with Gasteiger partial charge in [-0.2, -0.15) is 0 Å². The van der Waals surface area contributed by atoms with E-state index in [-0.39, 0.29) is 0 Å². The van der Waals surface area contributed by atoms with Crippen LogP contribution in [0.1, 0.15) is 33.4 Å². The third kappa shape index (κ3) is 5.22. The van der Waals surface area contributed by atoms with Crippen LogP contribution in [-0.4, -0.2) is 26.4 Å². The molecule has 8 rings (SSSR count). The monoisotopic (exact) mass is 626 g/mol. The second kappa shape index (κ2) is 12.7. The van der Waals surface area contributed by atoms with E-state index in [9.17, 15) is 0 Å². The lowest BCUT2D eigenvalue weighted by Crippen LogP contribution is -2.73. The molecule has 0 aromatic heterocycles. The Labute approximate surface area is 283 Å². The fourth-order valence-electron chi connectivity index (χ4n) is 7.30. The van der Waals surface area contributed by atoms with Crippen molar-refractivity contribution in [3.05, 3.63) is 203 Å². The Morgan fingerprint density at radius 3 is 0.917 bits per heavy atom. The molecule has 2 aliphatic rings. The van der Waals surface area contributed by atoms with Crippen LogP contribution in [0.2, 0.25) is 0 Å². The van der Waals surface area contributed by atoms with Crippen molar-refractivity contribution in [2.45, 2.75) is 37.3 Å². The molecule has 0 aliphatic carbocycles. The molecule has 2 saturated heterocycles. The molecule has 0 radical (unpaired) electrons. The topological polar surface area (TPSA) is 36.9 Å². The second-order valence-corrected chi connectivity index (χ2v) is 12.8. The number of aryl methyl sites for hydroxylation is 2. The first-order valence-electron chi connectivity index (χ1n) is 16.6. The summed E-state index contributed by atoms with van der Waals surface area (Å²) >= 11 is 0. The van der Waals surface area contributed by atoms with Crippen LogP contribution >= 0.6 is 0 Å². The van der Waals surface area contributed by atoms with Gasteiger partial charge in [0.15, 0.2) is 0 Å². The summed E-state index contributed by atoms with van der Waals surface area (Å²) < 4.78 is 29.4. The first-order valence-corrected chi connectivity index (χ1v) is 16.6. The quantitative estimate of drug-likeness (QED) is 0.185. The van der Waals surface area contributed by atoms with Gasteiger partial charge in [-0.3, -0.25) is 0 Å². The molecule has 2 heterocycles. The van der Waals surface area contributed by atoms with Crippen molar-refractivity contribution >= 4 is 25.2 Å². The van der Waals surface area contributed by atoms with Gasteiger partial charge in [0.05, 0.1) is 0 Å². The highest BCUT2D eigenvalue weighted by molar-refractivity contribution is 6.62. The molecular weight excluding hydrogens is 590 g/mol. The van der Waals surface area contributed by atoms with Gasteiger partial charge in [0.2, 0.25) is 0 Å². The molecule has 0 amide bonds. The average Bonchev–Trinajstić information content (AvgIpc) is 3.16. The molecule has 4 nitrogen and oxygen atoms in total. The van der Waals surface area contributed by atoms with Crippen LogP contribution in [0.5, 0.6) is 0 Å². The largest absolute Gasteiger partial charge is 0.495 e. The highest BCUT2D eigenvalue weighted by Gasteiger charge is 2.66. The highest BCUT2D eigenvalue weighted by Crippen LogP contribution is 2.53. The molecule has 6 aromatic rings. The van der Waals surface area contributed by atoms with E-state index >= 15 is 0 Å². The molecule has 2 atom stereocenters. The Morgan fingerprint density at radius 2 is 0.646 bits per heavy atom. The second-order valence-electron chi connectivity index (χ2n) is 12.8. The molecule has 0 unspecified atom stereocenters. The molecule has 0 spiro atoms. The predicted octanol–water partition coefficient (Wildman–Crippen LogP) is 7.11. The number of rotatable bonds is 6. The zero-order valence-corrected chi connectivity index (χ0v) is 27.1. The van der Waals surface area contributed by atoms with Crippen LogP contribution in [0.15, 0.2) is 170 Å². The van der Waals surface area contributed by atoms with Crippen molar-refractivity contribution in [3.63, 3.8) is 0 Å². The summed E-state index contributed by atoms with van der Waals surface area (Å²) in [5.41, 5.74) is 5.92. The summed E-state index contributed by atoms with van der Waals surface area (Å²) in [6.45, 7) is 4.18. The summed E-state index contributed by atoms with van der Waals surface area (Å²) in [5, 5.41) is 0. The van der Waals surface area contributed by atoms with E-state index < -0.39 is 37.6 Å². The van der Waals surface area contributed by atoms with E-state index in [0.717, 1.165) is 44.3 Å². The van der Waals surface area contributed by atoms with Crippen molar-refractivity contribution < 1.29 is 18.6 Å². The van der Waals surface area contributed by atoms with Crippen LogP contribution in [0, 0.1) is 13.8 Å². The number of hydrogen-bond donors (Lipinski definition) is 0. The minimum absolute atomic E-state index is 0.649. The molecular formula is C42H36B2O4. The maximum atomic E-state index is 7.41. The van der Waals surface area contributed by atoms with Gasteiger partial charge in [-0.1, -0.05) is 181 Å². The van der Waals surface area contributed by atoms with Gasteiger partial charge in [-0.05, 0) is 47.0 Å². The average molecular weight is 626 g/mol. The fraction of sp³-hybridized carbons (Fsp3) is 0.143. The van der Waals surface area contributed by atoms with E-state index in [1.807, 2.05) is 24.3 Å². The van der Waals surface area contributed by atoms with Gasteiger partial charge in [0.1, 0.15) is 23.4 Å². The van der Waals surface area contributed by atoms with Gasteiger partial charge < -0.3 is 18.6 Å². The first-order chi connectivity index (χ1) is 23.6. The van der Waals surface area contributed by atoms with E-state index in [0.29, 0.717) is 0 Å². The van der Waals surface area contributed by atoms with Crippen molar-refractivity contribution in [1.29, 1.82) is 0 Å². The zero-order valence-electron chi connectivity index (χ0n) is 27.1. The minimum atomic E-state index is -1.08. The summed E-state index contributed by atoms with van der Waals surface area (Å²) in [6, 6.07) is 58.5. The normalized spacial score (nSPS) is 19.8. The van der Waals surface area contributed by atoms with Crippen LogP contribution in [0.25, 0.3) is 0 Å². The maximum Gasteiger partial charge on any atom is 0.495 e. The number of benzene rings is 6. The van der Waals surface area contributed by atoms with Crippen LogP contribution in [0.4, 0.5) is 0 Å². The van der Waals surface area contributed by atoms with Gasteiger partial charge in [-0.15, -0.1) is 0 Å². The Hall–Kier alpha value is -4.71. The van der Waals surface area contributed by atoms with E-state index in [1.165, 1.54) is 0 Å². The van der Waals surface area contributed by atoms with E-state index in [2.05, 4.69) is 159 Å². The Bertz CT molecular complexity index is 1730. The predicted molar refractivity (Wildman–Crippen MR) is 192 cm³/mol. The molecule has 6 heteroatoms. The standard InChI is InChI=1S/C42H36B2O4/c1-31-23-27-37(28-24-31)43-45-39-40(41(47-43,33-15-7-3-8-16-33)34-17-9-4-10-18-34)46-44(38-29-25-32(2)26-30-38)48-42(39,35-19-11-5-12-20-35)36-21-13-6-14-22-36/h3-30,39-40H,1-2H3/t39-,40-/m1/s1. The first kappa shape index (κ1) is 30.6.